The molecule has 4 rings (SSSR count). The molecular formula is C21H12Cl2FN3O3S. The van der Waals surface area contributed by atoms with E-state index in [1.807, 2.05) is 0 Å². The highest BCUT2D eigenvalue weighted by molar-refractivity contribution is 7.14. The topological polar surface area (TPSA) is 71.9 Å². The lowest BCUT2D eigenvalue weighted by molar-refractivity contribution is -0.130. The quantitative estimate of drug-likeness (QED) is 0.362. The summed E-state index contributed by atoms with van der Waals surface area (Å²) in [4.78, 5) is 34.1. The molecule has 2 heterocycles. The summed E-state index contributed by atoms with van der Waals surface area (Å²) in [6.07, 6.45) is 1.42. The van der Waals surface area contributed by atoms with E-state index in [1.54, 1.807) is 23.6 Å². The minimum Gasteiger partial charge on any atom is -0.402 e. The minimum absolute atomic E-state index is 0.0122. The van der Waals surface area contributed by atoms with Crippen molar-refractivity contribution in [2.24, 2.45) is 4.99 Å². The minimum atomic E-state index is -0.673. The number of cyclic esters (lactones) is 1. The summed E-state index contributed by atoms with van der Waals surface area (Å²) in [5.41, 5.74) is 0.880. The van der Waals surface area contributed by atoms with Gasteiger partial charge in [0.05, 0.1) is 22.0 Å². The number of carbonyl (C=O) groups excluding carboxylic acids is 2. The van der Waals surface area contributed by atoms with E-state index in [2.05, 4.69) is 9.98 Å². The average molecular weight is 476 g/mol. The van der Waals surface area contributed by atoms with E-state index in [4.69, 9.17) is 27.9 Å². The van der Waals surface area contributed by atoms with Crippen LogP contribution in [0.1, 0.15) is 18.2 Å². The first-order valence-electron chi connectivity index (χ1n) is 8.82. The number of aromatic nitrogens is 1. The fourth-order valence-corrected chi connectivity index (χ4v) is 4.14. The number of ether oxygens (including phenoxy) is 1. The summed E-state index contributed by atoms with van der Waals surface area (Å²) in [7, 11) is 0. The van der Waals surface area contributed by atoms with Crippen LogP contribution in [-0.2, 0) is 14.3 Å². The van der Waals surface area contributed by atoms with Crippen LogP contribution in [0.15, 0.2) is 58.5 Å². The molecule has 0 saturated heterocycles. The lowest BCUT2D eigenvalue weighted by atomic mass is 10.2. The van der Waals surface area contributed by atoms with Gasteiger partial charge in [-0.1, -0.05) is 35.3 Å². The van der Waals surface area contributed by atoms with Crippen molar-refractivity contribution in [3.05, 3.63) is 80.7 Å². The van der Waals surface area contributed by atoms with Crippen LogP contribution < -0.4 is 4.90 Å². The van der Waals surface area contributed by atoms with Gasteiger partial charge in [0.25, 0.3) is 0 Å². The highest BCUT2D eigenvalue weighted by atomic mass is 35.5. The third-order valence-electron chi connectivity index (χ3n) is 4.18. The third kappa shape index (κ3) is 4.36. The standard InChI is InChI=1S/C21H12Cl2FN3O3S/c1-11(28)27(18-5-3-2-4-16(18)24)21-25-13(10-31-21)9-17-20(29)30-19(26-17)14-7-6-12(22)8-15(14)23/h2-10H,1H3. The van der Waals surface area contributed by atoms with E-state index >= 15 is 0 Å². The van der Waals surface area contributed by atoms with E-state index in [0.717, 1.165) is 16.2 Å². The Balaban J connectivity index is 1.66. The van der Waals surface area contributed by atoms with Crippen molar-refractivity contribution < 1.29 is 18.7 Å². The van der Waals surface area contributed by atoms with Gasteiger partial charge in [0, 0.05) is 17.3 Å². The van der Waals surface area contributed by atoms with Crippen LogP contribution >= 0.6 is 34.5 Å². The lowest BCUT2D eigenvalue weighted by Crippen LogP contribution is -2.23. The molecule has 6 nitrogen and oxygen atoms in total. The van der Waals surface area contributed by atoms with Crippen LogP contribution in [0.2, 0.25) is 10.0 Å². The molecule has 31 heavy (non-hydrogen) atoms. The maximum Gasteiger partial charge on any atom is 0.363 e. The Morgan fingerprint density at radius 1 is 1.23 bits per heavy atom. The molecule has 0 N–H and O–H groups in total. The van der Waals surface area contributed by atoms with Crippen molar-refractivity contribution in [2.45, 2.75) is 6.92 Å². The number of amides is 1. The number of esters is 1. The fourth-order valence-electron chi connectivity index (χ4n) is 2.81. The molecule has 1 aliphatic heterocycles. The van der Waals surface area contributed by atoms with Gasteiger partial charge in [-0.05, 0) is 36.4 Å². The van der Waals surface area contributed by atoms with Crippen LogP contribution in [0.3, 0.4) is 0 Å². The molecule has 0 aliphatic carbocycles. The van der Waals surface area contributed by atoms with E-state index in [1.165, 1.54) is 37.3 Å². The molecule has 0 atom stereocenters. The number of benzene rings is 2. The monoisotopic (exact) mass is 475 g/mol. The number of carbonyl (C=O) groups is 2. The number of anilines is 2. The number of halogens is 3. The van der Waals surface area contributed by atoms with Gasteiger partial charge in [-0.2, -0.15) is 0 Å². The SMILES string of the molecule is CC(=O)N(c1nc(C=C2N=C(c3ccc(Cl)cc3Cl)OC2=O)cs1)c1ccccc1F. The van der Waals surface area contributed by atoms with Gasteiger partial charge >= 0.3 is 5.97 Å². The van der Waals surface area contributed by atoms with Gasteiger partial charge < -0.3 is 4.74 Å². The summed E-state index contributed by atoms with van der Waals surface area (Å²) in [6, 6.07) is 10.6. The number of aliphatic imine (C=N–C) groups is 1. The molecule has 10 heteroatoms. The first-order valence-corrected chi connectivity index (χ1v) is 10.5. The Morgan fingerprint density at radius 2 is 2.00 bits per heavy atom. The molecule has 156 valence electrons. The molecule has 0 spiro atoms. The second kappa shape index (κ2) is 8.58. The van der Waals surface area contributed by atoms with Crippen LogP contribution in [0, 0.1) is 5.82 Å². The zero-order valence-corrected chi connectivity index (χ0v) is 18.1. The van der Waals surface area contributed by atoms with Crippen molar-refractivity contribution in [3.8, 4) is 0 Å². The van der Waals surface area contributed by atoms with E-state index in [0.29, 0.717) is 21.3 Å². The number of para-hydroxylation sites is 1. The van der Waals surface area contributed by atoms with Crippen molar-refractivity contribution in [3.63, 3.8) is 0 Å². The highest BCUT2D eigenvalue weighted by Gasteiger charge is 2.26. The molecule has 0 unspecified atom stereocenters. The Hall–Kier alpha value is -3.07. The van der Waals surface area contributed by atoms with Crippen molar-refractivity contribution in [1.29, 1.82) is 0 Å². The van der Waals surface area contributed by atoms with Crippen molar-refractivity contribution in [1.82, 2.24) is 4.98 Å². The maximum absolute atomic E-state index is 14.2. The first kappa shape index (κ1) is 21.2. The van der Waals surface area contributed by atoms with E-state index in [9.17, 15) is 14.0 Å². The van der Waals surface area contributed by atoms with Crippen LogP contribution in [-0.4, -0.2) is 22.8 Å². The van der Waals surface area contributed by atoms with Gasteiger partial charge in [0.15, 0.2) is 10.8 Å². The Morgan fingerprint density at radius 3 is 2.71 bits per heavy atom. The van der Waals surface area contributed by atoms with Gasteiger partial charge in [-0.15, -0.1) is 11.3 Å². The number of thiazole rings is 1. The molecule has 0 radical (unpaired) electrons. The molecule has 1 aliphatic rings. The molecule has 1 aromatic heterocycles. The smallest absolute Gasteiger partial charge is 0.363 e. The second-order valence-electron chi connectivity index (χ2n) is 6.32. The summed E-state index contributed by atoms with van der Waals surface area (Å²) >= 11 is 13.2. The number of hydrogen-bond donors (Lipinski definition) is 0. The molecule has 2 aromatic carbocycles. The van der Waals surface area contributed by atoms with Gasteiger partial charge in [-0.25, -0.2) is 19.2 Å². The summed E-state index contributed by atoms with van der Waals surface area (Å²) < 4.78 is 19.4. The Bertz CT molecular complexity index is 1270. The van der Waals surface area contributed by atoms with Gasteiger partial charge in [-0.3, -0.25) is 9.69 Å². The number of hydrogen-bond acceptors (Lipinski definition) is 6. The molecule has 3 aromatic rings. The van der Waals surface area contributed by atoms with Crippen LogP contribution in [0.5, 0.6) is 0 Å². The maximum atomic E-state index is 14.2. The Labute approximate surface area is 190 Å². The third-order valence-corrected chi connectivity index (χ3v) is 5.57. The summed E-state index contributed by atoms with van der Waals surface area (Å²) in [5, 5.41) is 2.60. The number of rotatable bonds is 4. The predicted octanol–water partition coefficient (Wildman–Crippen LogP) is 5.62. The van der Waals surface area contributed by atoms with E-state index < -0.39 is 17.7 Å². The first-order chi connectivity index (χ1) is 14.8. The number of nitrogens with zero attached hydrogens (tertiary/aromatic N) is 3. The zero-order chi connectivity index (χ0) is 22.1. The molecule has 0 saturated carbocycles. The molecule has 0 bridgehead atoms. The van der Waals surface area contributed by atoms with Crippen LogP contribution in [0.4, 0.5) is 15.2 Å². The zero-order valence-electron chi connectivity index (χ0n) is 15.8. The largest absolute Gasteiger partial charge is 0.402 e. The average Bonchev–Trinajstić information content (AvgIpc) is 3.30. The lowest BCUT2D eigenvalue weighted by Gasteiger charge is -2.18. The molecule has 0 fully saturated rings. The Kier molecular flexibility index (Phi) is 5.86. The highest BCUT2D eigenvalue weighted by Crippen LogP contribution is 2.32. The van der Waals surface area contributed by atoms with Gasteiger partial charge in [0.1, 0.15) is 5.82 Å². The van der Waals surface area contributed by atoms with Crippen molar-refractivity contribution in [2.75, 3.05) is 4.90 Å². The molecular weight excluding hydrogens is 464 g/mol. The van der Waals surface area contributed by atoms with E-state index in [-0.39, 0.29) is 22.4 Å². The predicted molar refractivity (Wildman–Crippen MR) is 118 cm³/mol. The summed E-state index contributed by atoms with van der Waals surface area (Å²) in [5.74, 6) is -1.59. The molecule has 1 amide bonds. The normalized spacial score (nSPS) is 14.5. The summed E-state index contributed by atoms with van der Waals surface area (Å²) in [6.45, 7) is 1.31. The fraction of sp³-hybridized carbons (Fsp3) is 0.0476. The van der Waals surface area contributed by atoms with Crippen LogP contribution in [0.25, 0.3) is 6.08 Å². The van der Waals surface area contributed by atoms with Crippen molar-refractivity contribution >= 4 is 69.2 Å². The second-order valence-corrected chi connectivity index (χ2v) is 8.00. The van der Waals surface area contributed by atoms with Gasteiger partial charge in [0.2, 0.25) is 11.8 Å².